The lowest BCUT2D eigenvalue weighted by Gasteiger charge is -2.23. The van der Waals surface area contributed by atoms with Crippen molar-refractivity contribution in [2.24, 2.45) is 0 Å². The Morgan fingerprint density at radius 2 is 2.42 bits per heavy atom. The van der Waals surface area contributed by atoms with Gasteiger partial charge in [0.05, 0.1) is 6.10 Å². The Balaban J connectivity index is 2.40. The minimum atomic E-state index is -0.353. The van der Waals surface area contributed by atoms with Crippen molar-refractivity contribution in [3.05, 3.63) is 12.2 Å². The Labute approximate surface area is 72.4 Å². The molecule has 1 aliphatic rings. The predicted molar refractivity (Wildman–Crippen MR) is 44.7 cm³/mol. The second-order valence-corrected chi connectivity index (χ2v) is 3.03. The third-order valence-corrected chi connectivity index (χ3v) is 1.53. The molecule has 0 spiro atoms. The number of ether oxygens (including phenoxy) is 2. The van der Waals surface area contributed by atoms with Gasteiger partial charge in [-0.3, -0.25) is 0 Å². The lowest BCUT2D eigenvalue weighted by Crippen LogP contribution is -2.29. The summed E-state index contributed by atoms with van der Waals surface area (Å²) >= 11 is 0. The van der Waals surface area contributed by atoms with Gasteiger partial charge in [-0.05, 0) is 26.3 Å². The van der Waals surface area contributed by atoms with Crippen molar-refractivity contribution in [1.82, 2.24) is 0 Å². The molecule has 0 unspecified atom stereocenters. The molecule has 0 saturated carbocycles. The fourth-order valence-corrected chi connectivity index (χ4v) is 1.03. The number of carbonyl (C=O) groups excluding carboxylic acids is 1. The molecule has 0 aromatic rings. The van der Waals surface area contributed by atoms with Gasteiger partial charge in [-0.25, -0.2) is 0 Å². The Morgan fingerprint density at radius 1 is 1.67 bits per heavy atom. The normalized spacial score (nSPS) is 29.2. The van der Waals surface area contributed by atoms with Crippen LogP contribution in [0.5, 0.6) is 0 Å². The Kier molecular flexibility index (Phi) is 3.44. The van der Waals surface area contributed by atoms with Crippen molar-refractivity contribution in [3.63, 3.8) is 0 Å². The van der Waals surface area contributed by atoms with Gasteiger partial charge in [0.2, 0.25) is 0 Å². The minimum Gasteiger partial charge on any atom is -0.346 e. The number of carbonyl (C=O) groups is 1. The standard InChI is InChI=1S/C9H14O3/c1-7(2)11-9-5-3-4-8(6-10)12-9/h3,5-9H,4H2,1-2H3/t8-,9+/m0/s1. The van der Waals surface area contributed by atoms with E-state index >= 15 is 0 Å². The Morgan fingerprint density at radius 3 is 3.00 bits per heavy atom. The molecular weight excluding hydrogens is 156 g/mol. The van der Waals surface area contributed by atoms with Gasteiger partial charge in [0.15, 0.2) is 6.29 Å². The molecule has 0 aromatic carbocycles. The van der Waals surface area contributed by atoms with E-state index in [-0.39, 0.29) is 18.5 Å². The highest BCUT2D eigenvalue weighted by atomic mass is 16.7. The van der Waals surface area contributed by atoms with E-state index in [1.54, 1.807) is 0 Å². The third kappa shape index (κ3) is 2.75. The lowest BCUT2D eigenvalue weighted by atomic mass is 10.2. The summed E-state index contributed by atoms with van der Waals surface area (Å²) < 4.78 is 10.6. The summed E-state index contributed by atoms with van der Waals surface area (Å²) in [5.74, 6) is 0. The molecule has 0 fully saturated rings. The van der Waals surface area contributed by atoms with E-state index in [1.165, 1.54) is 0 Å². The summed E-state index contributed by atoms with van der Waals surface area (Å²) in [7, 11) is 0. The molecule has 0 aromatic heterocycles. The highest BCUT2D eigenvalue weighted by molar-refractivity contribution is 5.56. The fourth-order valence-electron chi connectivity index (χ4n) is 1.03. The van der Waals surface area contributed by atoms with E-state index in [4.69, 9.17) is 9.47 Å². The zero-order valence-corrected chi connectivity index (χ0v) is 7.40. The van der Waals surface area contributed by atoms with Crippen LogP contribution in [0.4, 0.5) is 0 Å². The molecule has 12 heavy (non-hydrogen) atoms. The molecule has 1 aliphatic heterocycles. The first-order valence-corrected chi connectivity index (χ1v) is 4.15. The smallest absolute Gasteiger partial charge is 0.178 e. The van der Waals surface area contributed by atoms with Gasteiger partial charge < -0.3 is 14.3 Å². The first-order chi connectivity index (χ1) is 5.72. The third-order valence-electron chi connectivity index (χ3n) is 1.53. The molecule has 0 N–H and O–H groups in total. The van der Waals surface area contributed by atoms with Gasteiger partial charge >= 0.3 is 0 Å². The first-order valence-electron chi connectivity index (χ1n) is 4.15. The molecule has 0 aliphatic carbocycles. The van der Waals surface area contributed by atoms with Crippen molar-refractivity contribution in [2.75, 3.05) is 0 Å². The molecule has 0 saturated heterocycles. The molecule has 0 amide bonds. The van der Waals surface area contributed by atoms with Crippen LogP contribution in [0.3, 0.4) is 0 Å². The summed E-state index contributed by atoms with van der Waals surface area (Å²) in [4.78, 5) is 10.4. The highest BCUT2D eigenvalue weighted by Gasteiger charge is 2.18. The van der Waals surface area contributed by atoms with Crippen LogP contribution >= 0.6 is 0 Å². The predicted octanol–water partition coefficient (Wildman–Crippen LogP) is 1.28. The summed E-state index contributed by atoms with van der Waals surface area (Å²) in [6.45, 7) is 3.86. The van der Waals surface area contributed by atoms with Gasteiger partial charge in [-0.1, -0.05) is 6.08 Å². The maximum Gasteiger partial charge on any atom is 0.178 e. The van der Waals surface area contributed by atoms with Crippen LogP contribution in [-0.4, -0.2) is 24.8 Å². The van der Waals surface area contributed by atoms with Crippen LogP contribution in [0.1, 0.15) is 20.3 Å². The van der Waals surface area contributed by atoms with E-state index in [0.717, 1.165) is 6.29 Å². The second-order valence-electron chi connectivity index (χ2n) is 3.03. The van der Waals surface area contributed by atoms with Gasteiger partial charge in [0.25, 0.3) is 0 Å². The van der Waals surface area contributed by atoms with E-state index in [2.05, 4.69) is 0 Å². The summed E-state index contributed by atoms with van der Waals surface area (Å²) in [5, 5.41) is 0. The largest absolute Gasteiger partial charge is 0.346 e. The SMILES string of the molecule is CC(C)O[C@H]1C=CC[C@@H](C=O)O1. The van der Waals surface area contributed by atoms with Crippen molar-refractivity contribution in [1.29, 1.82) is 0 Å². The molecule has 68 valence electrons. The highest BCUT2D eigenvalue weighted by Crippen LogP contribution is 2.12. The maximum atomic E-state index is 10.4. The average molecular weight is 170 g/mol. The lowest BCUT2D eigenvalue weighted by molar-refractivity contribution is -0.167. The fraction of sp³-hybridized carbons (Fsp3) is 0.667. The van der Waals surface area contributed by atoms with Crippen LogP contribution in [-0.2, 0) is 14.3 Å². The van der Waals surface area contributed by atoms with Crippen molar-refractivity contribution < 1.29 is 14.3 Å². The number of aldehydes is 1. The molecule has 1 rings (SSSR count). The van der Waals surface area contributed by atoms with Crippen molar-refractivity contribution in [3.8, 4) is 0 Å². The van der Waals surface area contributed by atoms with Crippen LogP contribution in [0.2, 0.25) is 0 Å². The number of rotatable bonds is 3. The summed E-state index contributed by atoms with van der Waals surface area (Å²) in [6.07, 6.45) is 4.63. The first kappa shape index (κ1) is 9.42. The van der Waals surface area contributed by atoms with Crippen LogP contribution in [0, 0.1) is 0 Å². The van der Waals surface area contributed by atoms with Gasteiger partial charge in [-0.15, -0.1) is 0 Å². The molecular formula is C9H14O3. The summed E-state index contributed by atoms with van der Waals surface area (Å²) in [5.41, 5.74) is 0. The molecule has 0 radical (unpaired) electrons. The monoisotopic (exact) mass is 170 g/mol. The quantitative estimate of drug-likeness (QED) is 0.473. The van der Waals surface area contributed by atoms with Crippen LogP contribution < -0.4 is 0 Å². The van der Waals surface area contributed by atoms with Gasteiger partial charge in [0.1, 0.15) is 12.4 Å². The van der Waals surface area contributed by atoms with E-state index < -0.39 is 0 Å². The van der Waals surface area contributed by atoms with Crippen molar-refractivity contribution >= 4 is 6.29 Å². The molecule has 1 heterocycles. The van der Waals surface area contributed by atoms with Gasteiger partial charge in [0, 0.05) is 0 Å². The maximum absolute atomic E-state index is 10.4. The topological polar surface area (TPSA) is 35.5 Å². The van der Waals surface area contributed by atoms with Crippen molar-refractivity contribution in [2.45, 2.75) is 38.8 Å². The Bertz CT molecular complexity index is 175. The molecule has 0 bridgehead atoms. The zero-order valence-electron chi connectivity index (χ0n) is 7.40. The number of hydrogen-bond donors (Lipinski definition) is 0. The molecule has 2 atom stereocenters. The average Bonchev–Trinajstić information content (AvgIpc) is 2.03. The Hall–Kier alpha value is -0.670. The molecule has 3 nitrogen and oxygen atoms in total. The minimum absolute atomic E-state index is 0.116. The number of hydrogen-bond acceptors (Lipinski definition) is 3. The zero-order chi connectivity index (χ0) is 8.97. The second kappa shape index (κ2) is 4.38. The van der Waals surface area contributed by atoms with Crippen LogP contribution in [0.15, 0.2) is 12.2 Å². The molecule has 3 heteroatoms. The van der Waals surface area contributed by atoms with E-state index in [1.807, 2.05) is 26.0 Å². The van der Waals surface area contributed by atoms with E-state index in [0.29, 0.717) is 6.42 Å². The summed E-state index contributed by atoms with van der Waals surface area (Å²) in [6, 6.07) is 0. The van der Waals surface area contributed by atoms with Gasteiger partial charge in [-0.2, -0.15) is 0 Å². The van der Waals surface area contributed by atoms with Crippen LogP contribution in [0.25, 0.3) is 0 Å². The van der Waals surface area contributed by atoms with E-state index in [9.17, 15) is 4.79 Å².